The summed E-state index contributed by atoms with van der Waals surface area (Å²) in [6.45, 7) is 3.12. The zero-order valence-corrected chi connectivity index (χ0v) is 17.2. The molecule has 2 atom stereocenters. The van der Waals surface area contributed by atoms with E-state index in [1.54, 1.807) is 19.1 Å². The summed E-state index contributed by atoms with van der Waals surface area (Å²) in [7, 11) is -3.43. The van der Waals surface area contributed by atoms with Crippen molar-refractivity contribution in [2.24, 2.45) is 5.41 Å². The van der Waals surface area contributed by atoms with E-state index >= 15 is 0 Å². The van der Waals surface area contributed by atoms with E-state index < -0.39 is 45.3 Å². The van der Waals surface area contributed by atoms with E-state index in [4.69, 9.17) is 4.74 Å². The van der Waals surface area contributed by atoms with Gasteiger partial charge in [0.1, 0.15) is 23.4 Å². The lowest BCUT2D eigenvalue weighted by Crippen LogP contribution is -2.68. The lowest BCUT2D eigenvalue weighted by molar-refractivity contribution is 0.126. The molecule has 1 aromatic carbocycles. The molecule has 3 saturated heterocycles. The summed E-state index contributed by atoms with van der Waals surface area (Å²) in [6.07, 6.45) is -0.272. The van der Waals surface area contributed by atoms with Gasteiger partial charge in [-0.25, -0.2) is 22.3 Å². The maximum absolute atomic E-state index is 14.7. The number of amides is 1. The van der Waals surface area contributed by atoms with Gasteiger partial charge >= 0.3 is 6.09 Å². The minimum Gasteiger partial charge on any atom is -0.616 e. The number of cyclic esters (lactones) is 1. The van der Waals surface area contributed by atoms with Gasteiger partial charge < -0.3 is 14.2 Å². The fourth-order valence-corrected chi connectivity index (χ4v) is 6.52. The molecule has 154 valence electrons. The molecular formula is C17H22FN3O5S2. The second-order valence-electron chi connectivity index (χ2n) is 7.93. The van der Waals surface area contributed by atoms with Gasteiger partial charge in [-0.15, -0.1) is 0 Å². The number of hydrogen-bond acceptors (Lipinski definition) is 6. The Kier molecular flexibility index (Phi) is 4.76. The monoisotopic (exact) mass is 431 g/mol. The Labute approximate surface area is 166 Å². The summed E-state index contributed by atoms with van der Waals surface area (Å²) in [5.41, 5.74) is 0.897. The van der Waals surface area contributed by atoms with E-state index in [2.05, 4.69) is 4.72 Å². The second kappa shape index (κ2) is 6.75. The van der Waals surface area contributed by atoms with Crippen LogP contribution in [-0.2, 0) is 25.9 Å². The first-order valence-corrected chi connectivity index (χ1v) is 12.3. The van der Waals surface area contributed by atoms with Crippen LogP contribution >= 0.6 is 0 Å². The van der Waals surface area contributed by atoms with Crippen LogP contribution in [0.5, 0.6) is 0 Å². The highest BCUT2D eigenvalue weighted by Gasteiger charge is 2.57. The van der Waals surface area contributed by atoms with Crippen molar-refractivity contribution in [1.82, 2.24) is 4.72 Å². The topological polar surface area (TPSA) is 102 Å². The molecule has 1 N–H and O–H groups in total. The van der Waals surface area contributed by atoms with Gasteiger partial charge in [0.2, 0.25) is 10.0 Å². The van der Waals surface area contributed by atoms with Crippen LogP contribution in [0.3, 0.4) is 0 Å². The quantitative estimate of drug-likeness (QED) is 0.687. The van der Waals surface area contributed by atoms with E-state index in [0.29, 0.717) is 36.0 Å². The van der Waals surface area contributed by atoms with E-state index in [1.807, 2.05) is 4.90 Å². The van der Waals surface area contributed by atoms with Crippen LogP contribution in [0.4, 0.5) is 20.6 Å². The number of benzene rings is 1. The molecule has 28 heavy (non-hydrogen) atoms. The molecule has 0 radical (unpaired) electrons. The van der Waals surface area contributed by atoms with E-state index in [-0.39, 0.29) is 12.0 Å². The number of rotatable bonds is 5. The molecule has 4 rings (SSSR count). The van der Waals surface area contributed by atoms with Crippen molar-refractivity contribution in [3.63, 3.8) is 0 Å². The van der Waals surface area contributed by atoms with Crippen LogP contribution in [0.25, 0.3) is 0 Å². The summed E-state index contributed by atoms with van der Waals surface area (Å²) in [5.74, 6) is 0.930. The molecule has 1 spiro atoms. The predicted octanol–water partition coefficient (Wildman–Crippen LogP) is 0.657. The Morgan fingerprint density at radius 3 is 2.64 bits per heavy atom. The number of nitrogens with zero attached hydrogens (tertiary/aromatic N) is 2. The van der Waals surface area contributed by atoms with Gasteiger partial charge in [-0.1, -0.05) is 11.2 Å². The number of ether oxygens (including phenoxy) is 1. The van der Waals surface area contributed by atoms with Crippen molar-refractivity contribution < 1.29 is 26.9 Å². The van der Waals surface area contributed by atoms with Crippen LogP contribution in [0, 0.1) is 11.2 Å². The lowest BCUT2D eigenvalue weighted by Gasteiger charge is -2.55. The molecule has 0 bridgehead atoms. The summed E-state index contributed by atoms with van der Waals surface area (Å²) >= 11 is -0.731. The van der Waals surface area contributed by atoms with Crippen LogP contribution in [0.15, 0.2) is 18.2 Å². The van der Waals surface area contributed by atoms with Gasteiger partial charge in [-0.3, -0.25) is 4.90 Å². The third-order valence-electron chi connectivity index (χ3n) is 5.36. The Bertz CT molecular complexity index is 898. The van der Waals surface area contributed by atoms with Crippen LogP contribution < -0.4 is 14.5 Å². The number of carbonyl (C=O) groups excluding carboxylic acids is 1. The molecule has 0 aromatic heterocycles. The molecule has 0 aliphatic carbocycles. The third-order valence-corrected chi connectivity index (χ3v) is 8.03. The Hall–Kier alpha value is -1.56. The van der Waals surface area contributed by atoms with Crippen molar-refractivity contribution in [2.45, 2.75) is 19.1 Å². The first-order chi connectivity index (χ1) is 13.1. The van der Waals surface area contributed by atoms with Gasteiger partial charge in [0.15, 0.2) is 0 Å². The van der Waals surface area contributed by atoms with E-state index in [0.717, 1.165) is 6.26 Å². The average Bonchev–Trinajstić information content (AvgIpc) is 2.90. The van der Waals surface area contributed by atoms with Crippen LogP contribution in [0.2, 0.25) is 0 Å². The van der Waals surface area contributed by atoms with Crippen LogP contribution in [-0.4, -0.2) is 68.6 Å². The van der Waals surface area contributed by atoms with Gasteiger partial charge in [0, 0.05) is 13.1 Å². The average molecular weight is 432 g/mol. The molecule has 3 fully saturated rings. The van der Waals surface area contributed by atoms with E-state index in [9.17, 15) is 22.2 Å². The molecule has 3 aliphatic heterocycles. The van der Waals surface area contributed by atoms with Crippen molar-refractivity contribution in [1.29, 1.82) is 0 Å². The summed E-state index contributed by atoms with van der Waals surface area (Å²) in [5, 5.41) is 0. The fourth-order valence-electron chi connectivity index (χ4n) is 4.05. The Morgan fingerprint density at radius 2 is 2.07 bits per heavy atom. The molecule has 3 heterocycles. The van der Waals surface area contributed by atoms with E-state index in [1.165, 1.54) is 11.0 Å². The first-order valence-electron chi connectivity index (χ1n) is 8.90. The van der Waals surface area contributed by atoms with Gasteiger partial charge in [-0.05, 0) is 25.1 Å². The maximum Gasteiger partial charge on any atom is 0.414 e. The smallest absolute Gasteiger partial charge is 0.414 e. The van der Waals surface area contributed by atoms with Crippen LogP contribution in [0.1, 0.15) is 6.92 Å². The molecule has 0 saturated carbocycles. The normalized spacial score (nSPS) is 25.4. The zero-order chi connectivity index (χ0) is 20.3. The number of nitrogens with one attached hydrogen (secondary N) is 1. The largest absolute Gasteiger partial charge is 0.616 e. The summed E-state index contributed by atoms with van der Waals surface area (Å²) < 4.78 is 56.3. The van der Waals surface area contributed by atoms with Gasteiger partial charge in [0.25, 0.3) is 0 Å². The number of carbonyl (C=O) groups is 1. The molecule has 1 aromatic rings. The Balaban J connectivity index is 1.42. The zero-order valence-electron chi connectivity index (χ0n) is 15.6. The van der Waals surface area contributed by atoms with Gasteiger partial charge in [0.05, 0.1) is 35.6 Å². The molecule has 3 aliphatic rings. The van der Waals surface area contributed by atoms with Crippen molar-refractivity contribution in [3.05, 3.63) is 24.0 Å². The third kappa shape index (κ3) is 3.68. The second-order valence-corrected chi connectivity index (χ2v) is 11.2. The number of hydrogen-bond donors (Lipinski definition) is 1. The predicted molar refractivity (Wildman–Crippen MR) is 104 cm³/mol. The number of halogens is 1. The highest BCUT2D eigenvalue weighted by molar-refractivity contribution is 7.92. The van der Waals surface area contributed by atoms with Crippen molar-refractivity contribution in [2.75, 3.05) is 47.2 Å². The van der Waals surface area contributed by atoms with Crippen molar-refractivity contribution >= 4 is 38.7 Å². The maximum atomic E-state index is 14.7. The lowest BCUT2D eigenvalue weighted by atomic mass is 9.82. The summed E-state index contributed by atoms with van der Waals surface area (Å²) in [6, 6.07) is 3.97. The number of sulfonamides is 1. The van der Waals surface area contributed by atoms with Crippen molar-refractivity contribution in [3.8, 4) is 0 Å². The standard InChI is InChI=1S/C17H22FN3O5S2/c1-11(19-28(2,24)25)15-6-21(16(22)26-15)12-3-4-14(13(18)5-12)20-7-17(8-20)9-27(23)10-17/h3-5,11,15,19H,6-10H2,1-2H3. The SMILES string of the molecule is CC(NS(C)(=O)=O)C1CN(c2ccc(N3CC4(C3)C[S+]([O-])C4)c(F)c2)C(=O)O1. The molecule has 11 heteroatoms. The fraction of sp³-hybridized carbons (Fsp3) is 0.588. The molecular weight excluding hydrogens is 409 g/mol. The minimum atomic E-state index is -3.43. The highest BCUT2D eigenvalue weighted by Crippen LogP contribution is 2.44. The molecule has 1 amide bonds. The number of anilines is 2. The Morgan fingerprint density at radius 1 is 1.39 bits per heavy atom. The van der Waals surface area contributed by atoms with Gasteiger partial charge in [-0.2, -0.15) is 0 Å². The first kappa shape index (κ1) is 19.7. The molecule has 2 unspecified atom stereocenters. The molecule has 8 nitrogen and oxygen atoms in total. The summed E-state index contributed by atoms with van der Waals surface area (Å²) in [4.78, 5) is 15.4. The highest BCUT2D eigenvalue weighted by atomic mass is 32.2. The minimum absolute atomic E-state index is 0.0741.